The number of carbonyl (C=O) groups excluding carboxylic acids is 2. The molecule has 8 saturated carbocycles. The number of hydrogen-bond acceptors (Lipinski definition) is 6. The molecule has 0 aliphatic heterocycles. The van der Waals surface area contributed by atoms with Crippen molar-refractivity contribution in [3.8, 4) is 5.75 Å². The van der Waals surface area contributed by atoms with Gasteiger partial charge in [0.05, 0.1) is 15.9 Å². The number of hydrogen-bond donors (Lipinski definition) is 1. The Morgan fingerprint density at radius 2 is 1.40 bits per heavy atom. The van der Waals surface area contributed by atoms with Gasteiger partial charge in [-0.3, -0.25) is 9.35 Å². The van der Waals surface area contributed by atoms with Crippen molar-refractivity contribution in [3.05, 3.63) is 52.2 Å². The van der Waals surface area contributed by atoms with Crippen LogP contribution in [0, 0.1) is 45.7 Å². The summed E-state index contributed by atoms with van der Waals surface area (Å²) in [6, 6.07) is 8.59. The highest BCUT2D eigenvalue weighted by molar-refractivity contribution is 14.1. The van der Waals surface area contributed by atoms with Gasteiger partial charge in [-0.2, -0.15) is 8.42 Å². The fourth-order valence-corrected chi connectivity index (χ4v) is 14.5. The van der Waals surface area contributed by atoms with Gasteiger partial charge in [-0.1, -0.05) is 0 Å². The van der Waals surface area contributed by atoms with Gasteiger partial charge in [0.25, 0.3) is 10.1 Å². The molecule has 0 spiro atoms. The Bertz CT molecular complexity index is 1690. The third kappa shape index (κ3) is 5.51. The van der Waals surface area contributed by atoms with Crippen LogP contribution in [0.2, 0.25) is 0 Å². The van der Waals surface area contributed by atoms with E-state index in [2.05, 4.69) is 67.8 Å². The molecular formula is C34H35I3O7S. The number of halogens is 3. The van der Waals surface area contributed by atoms with E-state index in [1.54, 1.807) is 6.07 Å². The summed E-state index contributed by atoms with van der Waals surface area (Å²) in [5.41, 5.74) is -0.580. The molecule has 8 aliphatic carbocycles. The first kappa shape index (κ1) is 31.7. The van der Waals surface area contributed by atoms with Crippen molar-refractivity contribution >= 4 is 89.8 Å². The van der Waals surface area contributed by atoms with Crippen LogP contribution in [-0.2, 0) is 25.1 Å². The Labute approximate surface area is 304 Å². The van der Waals surface area contributed by atoms with Gasteiger partial charge in [0.15, 0.2) is 0 Å². The van der Waals surface area contributed by atoms with Crippen LogP contribution in [0.1, 0.15) is 93.0 Å². The molecule has 8 fully saturated rings. The van der Waals surface area contributed by atoms with E-state index < -0.39 is 21.1 Å². The standard InChI is InChI=1S/C34H35I3O7S/c35-23-7-25(29(37)27(36)8-23)30(38)44-34-15-21-6-22(16-34)14-33(13-21,17-34)31(39)43-24-1-2-28(45(40,41)42)26(9-24)32-10-18-3-19(11-32)5-20(4-18)12-32/h1-2,7-9,18-22H,3-6,10-17H2,(H,40,41,42). The molecule has 7 nitrogen and oxygen atoms in total. The first-order valence-corrected chi connectivity index (χ1v) is 20.6. The van der Waals surface area contributed by atoms with Gasteiger partial charge in [-0.15, -0.1) is 0 Å². The van der Waals surface area contributed by atoms with Crippen molar-refractivity contribution < 1.29 is 32.0 Å². The Morgan fingerprint density at radius 3 is 2.00 bits per heavy atom. The summed E-state index contributed by atoms with van der Waals surface area (Å²) in [5.74, 6) is 1.99. The summed E-state index contributed by atoms with van der Waals surface area (Å²) in [6.45, 7) is 0. The van der Waals surface area contributed by atoms with Crippen molar-refractivity contribution in [2.45, 2.75) is 93.0 Å². The van der Waals surface area contributed by atoms with Crippen LogP contribution in [0.4, 0.5) is 0 Å². The molecule has 10 rings (SSSR count). The Balaban J connectivity index is 1.09. The summed E-state index contributed by atoms with van der Waals surface area (Å²) in [7, 11) is -4.45. The predicted molar refractivity (Wildman–Crippen MR) is 192 cm³/mol. The van der Waals surface area contributed by atoms with Crippen molar-refractivity contribution in [2.24, 2.45) is 35.0 Å². The van der Waals surface area contributed by atoms with Crippen LogP contribution in [0.15, 0.2) is 35.2 Å². The first-order chi connectivity index (χ1) is 21.2. The average Bonchev–Trinajstić information content (AvgIpc) is 2.92. The van der Waals surface area contributed by atoms with Gasteiger partial charge in [0.1, 0.15) is 11.4 Å². The second-order valence-corrected chi connectivity index (χ2v) is 20.2. The van der Waals surface area contributed by atoms with E-state index in [4.69, 9.17) is 9.47 Å². The summed E-state index contributed by atoms with van der Waals surface area (Å²) >= 11 is 6.67. The van der Waals surface area contributed by atoms with E-state index in [-0.39, 0.29) is 34.1 Å². The third-order valence-corrected chi connectivity index (χ3v) is 16.6. The van der Waals surface area contributed by atoms with Gasteiger partial charge < -0.3 is 9.47 Å². The maximum absolute atomic E-state index is 14.2. The molecule has 2 aromatic carbocycles. The summed E-state index contributed by atoms with van der Waals surface area (Å²) in [4.78, 5) is 27.8. The fourth-order valence-electron chi connectivity index (χ4n) is 11.4. The average molecular weight is 968 g/mol. The number of carbonyl (C=O) groups is 2. The largest absolute Gasteiger partial charge is 0.455 e. The lowest BCUT2D eigenvalue weighted by atomic mass is 9.48. The minimum absolute atomic E-state index is 0.0511. The highest BCUT2D eigenvalue weighted by Gasteiger charge is 2.63. The predicted octanol–water partition coefficient (Wildman–Crippen LogP) is 8.32. The number of ether oxygens (including phenoxy) is 2. The van der Waals surface area contributed by atoms with Crippen LogP contribution in [0.5, 0.6) is 5.75 Å². The highest BCUT2D eigenvalue weighted by atomic mass is 127. The topological polar surface area (TPSA) is 107 Å². The minimum atomic E-state index is -4.45. The van der Waals surface area contributed by atoms with E-state index >= 15 is 0 Å². The Morgan fingerprint density at radius 1 is 0.800 bits per heavy atom. The maximum atomic E-state index is 14.2. The van der Waals surface area contributed by atoms with E-state index in [1.165, 1.54) is 31.4 Å². The quantitative estimate of drug-likeness (QED) is 0.102. The van der Waals surface area contributed by atoms with Crippen molar-refractivity contribution in [2.75, 3.05) is 0 Å². The normalized spacial score (nSPS) is 37.6. The molecule has 0 saturated heterocycles. The molecule has 2 unspecified atom stereocenters. The zero-order valence-corrected chi connectivity index (χ0v) is 32.0. The number of esters is 2. The van der Waals surface area contributed by atoms with Gasteiger partial charge >= 0.3 is 11.9 Å². The zero-order chi connectivity index (χ0) is 31.5. The first-order valence-electron chi connectivity index (χ1n) is 16.0. The van der Waals surface area contributed by atoms with Crippen LogP contribution in [0.25, 0.3) is 0 Å². The molecule has 8 aliphatic rings. The fraction of sp³-hybridized carbons (Fsp3) is 0.588. The molecule has 0 aromatic heterocycles. The monoisotopic (exact) mass is 968 g/mol. The molecule has 0 heterocycles. The van der Waals surface area contributed by atoms with Crippen LogP contribution >= 0.6 is 67.8 Å². The molecule has 45 heavy (non-hydrogen) atoms. The van der Waals surface area contributed by atoms with Gasteiger partial charge in [0.2, 0.25) is 0 Å². The molecule has 0 radical (unpaired) electrons. The second-order valence-electron chi connectivity index (χ2n) is 15.3. The maximum Gasteiger partial charge on any atom is 0.339 e. The van der Waals surface area contributed by atoms with E-state index in [1.807, 2.05) is 12.1 Å². The zero-order valence-electron chi connectivity index (χ0n) is 24.7. The number of benzene rings is 2. The molecular weight excluding hydrogens is 933 g/mol. The smallest absolute Gasteiger partial charge is 0.339 e. The van der Waals surface area contributed by atoms with E-state index in [0.717, 1.165) is 49.2 Å². The lowest BCUT2D eigenvalue weighted by Crippen LogP contribution is -2.60. The number of rotatable bonds is 6. The van der Waals surface area contributed by atoms with Crippen molar-refractivity contribution in [1.82, 2.24) is 0 Å². The Hall–Kier alpha value is -0.520. The van der Waals surface area contributed by atoms with Gasteiger partial charge in [-0.05, 0) is 209 Å². The second kappa shape index (κ2) is 11.0. The summed E-state index contributed by atoms with van der Waals surface area (Å²) in [5, 5.41) is 0. The molecule has 8 bridgehead atoms. The van der Waals surface area contributed by atoms with Crippen LogP contribution in [-0.4, -0.2) is 30.5 Å². The molecule has 240 valence electrons. The summed E-state index contributed by atoms with van der Waals surface area (Å²) < 4.78 is 50.9. The van der Waals surface area contributed by atoms with Gasteiger partial charge in [-0.25, -0.2) is 4.79 Å². The summed E-state index contributed by atoms with van der Waals surface area (Å²) in [6.07, 6.45) is 10.8. The highest BCUT2D eigenvalue weighted by Crippen LogP contribution is 2.64. The molecule has 11 heteroatoms. The van der Waals surface area contributed by atoms with Crippen LogP contribution < -0.4 is 4.74 Å². The molecule has 0 amide bonds. The lowest BCUT2D eigenvalue weighted by molar-refractivity contribution is -0.189. The van der Waals surface area contributed by atoms with E-state index in [9.17, 15) is 22.6 Å². The molecule has 1 N–H and O–H groups in total. The van der Waals surface area contributed by atoms with E-state index in [0.29, 0.717) is 53.9 Å². The lowest BCUT2D eigenvalue weighted by Gasteiger charge is -2.59. The molecule has 2 aromatic rings. The third-order valence-electron chi connectivity index (χ3n) is 12.0. The van der Waals surface area contributed by atoms with Crippen molar-refractivity contribution in [1.29, 1.82) is 0 Å². The minimum Gasteiger partial charge on any atom is -0.455 e. The SMILES string of the molecule is O=C(OC12CC3CC(C1)CC(C(=O)Oc1ccc(S(=O)(=O)O)c(C45CC6CC(CC(C6)C4)C5)c1)(C3)C2)c1cc(I)cc(I)c1I. The molecule has 2 atom stereocenters. The van der Waals surface area contributed by atoms with Crippen LogP contribution in [0.3, 0.4) is 0 Å². The van der Waals surface area contributed by atoms with Crippen molar-refractivity contribution in [3.63, 3.8) is 0 Å². The van der Waals surface area contributed by atoms with Gasteiger partial charge in [0, 0.05) is 17.1 Å². The Kier molecular flexibility index (Phi) is 7.75.